The summed E-state index contributed by atoms with van der Waals surface area (Å²) in [5.41, 5.74) is -0.0392. The lowest BCUT2D eigenvalue weighted by atomic mass is 9.74. The van der Waals surface area contributed by atoms with Crippen LogP contribution in [0.3, 0.4) is 0 Å². The van der Waals surface area contributed by atoms with E-state index >= 15 is 0 Å². The van der Waals surface area contributed by atoms with E-state index in [0.717, 1.165) is 43.9 Å². The van der Waals surface area contributed by atoms with Crippen molar-refractivity contribution in [1.29, 1.82) is 0 Å². The van der Waals surface area contributed by atoms with Crippen LogP contribution in [0.5, 0.6) is 0 Å². The maximum atomic E-state index is 11.1. The Morgan fingerprint density at radius 2 is 1.57 bits per heavy atom. The molecule has 1 aliphatic carbocycles. The highest BCUT2D eigenvalue weighted by molar-refractivity contribution is 5.72. The van der Waals surface area contributed by atoms with Gasteiger partial charge in [-0.15, -0.1) is 0 Å². The summed E-state index contributed by atoms with van der Waals surface area (Å²) in [6.07, 6.45) is 17.1. The van der Waals surface area contributed by atoms with Gasteiger partial charge in [0.25, 0.3) is 0 Å². The first-order valence-corrected chi connectivity index (χ1v) is 11.9. The Hall–Kier alpha value is -1.06. The van der Waals surface area contributed by atoms with Gasteiger partial charge in [-0.25, -0.2) is 0 Å². The molecule has 3 rings (SSSR count). The summed E-state index contributed by atoms with van der Waals surface area (Å²) in [6.45, 7) is 6.82. The summed E-state index contributed by atoms with van der Waals surface area (Å²) < 4.78 is 10.6. The minimum Gasteiger partial charge on any atom is -0.462 e. The lowest BCUT2D eigenvalue weighted by molar-refractivity contribution is -0.151. The van der Waals surface area contributed by atoms with Crippen molar-refractivity contribution in [3.63, 3.8) is 0 Å². The SMILES string of the molecule is CC(C)C1CCC2(CCC(=O)O2)CC1.CCCCCCCCC1CCC(=O)O1. The number of ether oxygens (including phenoxy) is 2. The van der Waals surface area contributed by atoms with E-state index in [1.165, 1.54) is 51.4 Å². The van der Waals surface area contributed by atoms with Crippen molar-refractivity contribution in [2.75, 3.05) is 0 Å². The molecule has 162 valence electrons. The summed E-state index contributed by atoms with van der Waals surface area (Å²) in [5, 5.41) is 0. The number of carbonyl (C=O) groups excluding carboxylic acids is 2. The predicted molar refractivity (Wildman–Crippen MR) is 112 cm³/mol. The van der Waals surface area contributed by atoms with Gasteiger partial charge in [0.1, 0.15) is 11.7 Å². The lowest BCUT2D eigenvalue weighted by Gasteiger charge is -2.37. The fourth-order valence-corrected chi connectivity index (χ4v) is 4.80. The number of hydrogen-bond donors (Lipinski definition) is 0. The zero-order valence-corrected chi connectivity index (χ0v) is 18.5. The van der Waals surface area contributed by atoms with Gasteiger partial charge in [-0.3, -0.25) is 9.59 Å². The van der Waals surface area contributed by atoms with Gasteiger partial charge in [-0.2, -0.15) is 0 Å². The Bertz CT molecular complexity index is 477. The Morgan fingerprint density at radius 3 is 2.11 bits per heavy atom. The second-order valence-corrected chi connectivity index (χ2v) is 9.45. The molecule has 0 bridgehead atoms. The van der Waals surface area contributed by atoms with E-state index in [2.05, 4.69) is 20.8 Å². The first kappa shape index (κ1) is 23.2. The normalized spacial score (nSPS) is 29.6. The zero-order chi connectivity index (χ0) is 20.4. The molecule has 2 heterocycles. The number of unbranched alkanes of at least 4 members (excludes halogenated alkanes) is 5. The van der Waals surface area contributed by atoms with Crippen molar-refractivity contribution < 1.29 is 19.1 Å². The fraction of sp³-hybridized carbons (Fsp3) is 0.917. The van der Waals surface area contributed by atoms with Crippen molar-refractivity contribution >= 4 is 11.9 Å². The maximum absolute atomic E-state index is 11.1. The number of esters is 2. The molecule has 0 aromatic heterocycles. The lowest BCUT2D eigenvalue weighted by Crippen LogP contribution is -2.34. The minimum absolute atomic E-state index is 0.000910. The Balaban J connectivity index is 0.000000200. The van der Waals surface area contributed by atoms with Gasteiger partial charge in [-0.05, 0) is 63.2 Å². The van der Waals surface area contributed by atoms with Gasteiger partial charge < -0.3 is 9.47 Å². The van der Waals surface area contributed by atoms with E-state index in [9.17, 15) is 9.59 Å². The molecule has 28 heavy (non-hydrogen) atoms. The molecule has 0 aromatic rings. The van der Waals surface area contributed by atoms with E-state index in [1.54, 1.807) is 0 Å². The van der Waals surface area contributed by atoms with E-state index in [-0.39, 0.29) is 23.6 Å². The molecule has 1 saturated carbocycles. The molecule has 0 amide bonds. The summed E-state index contributed by atoms with van der Waals surface area (Å²) >= 11 is 0. The van der Waals surface area contributed by atoms with Gasteiger partial charge in [0.15, 0.2) is 0 Å². The smallest absolute Gasteiger partial charge is 0.306 e. The Labute approximate surface area is 172 Å². The van der Waals surface area contributed by atoms with Crippen molar-refractivity contribution in [2.45, 2.75) is 129 Å². The third-order valence-electron chi connectivity index (χ3n) is 6.85. The van der Waals surface area contributed by atoms with Crippen LogP contribution in [0.2, 0.25) is 0 Å². The Kier molecular flexibility index (Phi) is 9.81. The molecule has 3 aliphatic rings. The highest BCUT2D eigenvalue weighted by Crippen LogP contribution is 2.43. The fourth-order valence-electron chi connectivity index (χ4n) is 4.80. The second kappa shape index (κ2) is 11.8. The van der Waals surface area contributed by atoms with Crippen LogP contribution < -0.4 is 0 Å². The van der Waals surface area contributed by atoms with Crippen molar-refractivity contribution in [2.24, 2.45) is 11.8 Å². The summed E-state index contributed by atoms with van der Waals surface area (Å²) in [4.78, 5) is 21.9. The molecule has 3 fully saturated rings. The van der Waals surface area contributed by atoms with Crippen LogP contribution in [0.1, 0.15) is 117 Å². The molecule has 1 spiro atoms. The molecule has 4 heteroatoms. The maximum Gasteiger partial charge on any atom is 0.306 e. The third kappa shape index (κ3) is 7.75. The molecular weight excluding hydrogens is 352 g/mol. The van der Waals surface area contributed by atoms with Crippen molar-refractivity contribution in [3.05, 3.63) is 0 Å². The molecule has 4 nitrogen and oxygen atoms in total. The first-order chi connectivity index (χ1) is 13.4. The van der Waals surface area contributed by atoms with Crippen LogP contribution in [-0.4, -0.2) is 23.6 Å². The monoisotopic (exact) mass is 394 g/mol. The van der Waals surface area contributed by atoms with E-state index < -0.39 is 0 Å². The standard InChI is InChI=1S/C12H20O2.C12H22O2/c1-9(2)10-3-6-12(7-4-10)8-5-11(13)14-12;1-2-3-4-5-6-7-8-11-9-10-12(13)14-11/h9-10H,3-8H2,1-2H3;11H,2-10H2,1H3. The summed E-state index contributed by atoms with van der Waals surface area (Å²) in [7, 11) is 0. The van der Waals surface area contributed by atoms with Crippen LogP contribution in [0.4, 0.5) is 0 Å². The third-order valence-corrected chi connectivity index (χ3v) is 6.85. The van der Waals surface area contributed by atoms with Gasteiger partial charge >= 0.3 is 11.9 Å². The van der Waals surface area contributed by atoms with Crippen molar-refractivity contribution in [3.8, 4) is 0 Å². The highest BCUT2D eigenvalue weighted by Gasteiger charge is 2.43. The van der Waals surface area contributed by atoms with E-state index in [1.807, 2.05) is 0 Å². The van der Waals surface area contributed by atoms with Gasteiger partial charge in [0.05, 0.1) is 0 Å². The molecule has 2 saturated heterocycles. The van der Waals surface area contributed by atoms with E-state index in [0.29, 0.717) is 12.8 Å². The van der Waals surface area contributed by atoms with Crippen LogP contribution in [0, 0.1) is 11.8 Å². The molecule has 0 N–H and O–H groups in total. The van der Waals surface area contributed by atoms with Gasteiger partial charge in [-0.1, -0.05) is 52.9 Å². The molecule has 1 unspecified atom stereocenters. The number of hydrogen-bond acceptors (Lipinski definition) is 4. The quantitative estimate of drug-likeness (QED) is 0.355. The number of rotatable bonds is 8. The summed E-state index contributed by atoms with van der Waals surface area (Å²) in [6, 6.07) is 0. The predicted octanol–water partition coefficient (Wildman–Crippen LogP) is 6.35. The Morgan fingerprint density at radius 1 is 0.893 bits per heavy atom. The van der Waals surface area contributed by atoms with Crippen LogP contribution in [0.25, 0.3) is 0 Å². The average Bonchev–Trinajstić information content (AvgIpc) is 3.24. The largest absolute Gasteiger partial charge is 0.462 e. The number of carbonyl (C=O) groups is 2. The van der Waals surface area contributed by atoms with Crippen LogP contribution in [0.15, 0.2) is 0 Å². The van der Waals surface area contributed by atoms with Crippen molar-refractivity contribution in [1.82, 2.24) is 0 Å². The first-order valence-electron chi connectivity index (χ1n) is 11.9. The van der Waals surface area contributed by atoms with Gasteiger partial charge in [0, 0.05) is 12.8 Å². The van der Waals surface area contributed by atoms with Gasteiger partial charge in [0.2, 0.25) is 0 Å². The molecule has 2 aliphatic heterocycles. The highest BCUT2D eigenvalue weighted by atomic mass is 16.6. The zero-order valence-electron chi connectivity index (χ0n) is 18.5. The molecule has 0 aromatic carbocycles. The second-order valence-electron chi connectivity index (χ2n) is 9.45. The minimum atomic E-state index is -0.0392. The van der Waals surface area contributed by atoms with Crippen LogP contribution >= 0.6 is 0 Å². The average molecular weight is 395 g/mol. The topological polar surface area (TPSA) is 52.6 Å². The molecule has 0 radical (unpaired) electrons. The van der Waals surface area contributed by atoms with E-state index in [4.69, 9.17) is 9.47 Å². The van der Waals surface area contributed by atoms with Crippen LogP contribution in [-0.2, 0) is 19.1 Å². The molecular formula is C24H42O4. The summed E-state index contributed by atoms with van der Waals surface area (Å²) in [5.74, 6) is 1.65. The molecule has 1 atom stereocenters. The number of cyclic esters (lactones) is 1.